The largest absolute Gasteiger partial charge is 0.487 e. The van der Waals surface area contributed by atoms with Gasteiger partial charge in [-0.15, -0.1) is 0 Å². The zero-order chi connectivity index (χ0) is 15.1. The molecule has 0 saturated carbocycles. The molecule has 0 aliphatic carbocycles. The molecule has 0 aliphatic rings. The lowest BCUT2D eigenvalue weighted by Gasteiger charge is -2.25. The van der Waals surface area contributed by atoms with Crippen LogP contribution in [0.1, 0.15) is 26.7 Å². The van der Waals surface area contributed by atoms with Gasteiger partial charge in [-0.25, -0.2) is 0 Å². The van der Waals surface area contributed by atoms with Gasteiger partial charge >= 0.3 is 5.69 Å². The molecule has 0 radical (unpaired) electrons. The second-order valence-corrected chi connectivity index (χ2v) is 4.58. The van der Waals surface area contributed by atoms with Crippen molar-refractivity contribution in [3.8, 4) is 11.8 Å². The third kappa shape index (κ3) is 3.85. The fourth-order valence-corrected chi connectivity index (χ4v) is 1.72. The highest BCUT2D eigenvalue weighted by molar-refractivity contribution is 5.59. The molecule has 1 rings (SSSR count). The number of anilines is 1. The Balaban J connectivity index is 3.05. The van der Waals surface area contributed by atoms with Gasteiger partial charge in [0.2, 0.25) is 0 Å². The number of nitrogens with zero attached hydrogens (tertiary/aromatic N) is 3. The molecule has 20 heavy (non-hydrogen) atoms. The number of nitriles is 1. The van der Waals surface area contributed by atoms with E-state index in [9.17, 15) is 10.1 Å². The molecule has 1 aromatic carbocycles. The van der Waals surface area contributed by atoms with E-state index >= 15 is 0 Å². The van der Waals surface area contributed by atoms with Gasteiger partial charge in [0.15, 0.2) is 5.75 Å². The second-order valence-electron chi connectivity index (χ2n) is 4.58. The normalized spacial score (nSPS) is 11.5. The summed E-state index contributed by atoms with van der Waals surface area (Å²) in [6.07, 6.45) is 1.17. The first-order chi connectivity index (χ1) is 9.51. The molecule has 0 fully saturated rings. The second kappa shape index (κ2) is 7.34. The van der Waals surface area contributed by atoms with Gasteiger partial charge in [-0.1, -0.05) is 6.92 Å². The highest BCUT2D eigenvalue weighted by Crippen LogP contribution is 2.32. The van der Waals surface area contributed by atoms with Crippen LogP contribution in [0.2, 0.25) is 0 Å². The Morgan fingerprint density at radius 2 is 2.25 bits per heavy atom. The Morgan fingerprint density at radius 3 is 2.80 bits per heavy atom. The van der Waals surface area contributed by atoms with Crippen molar-refractivity contribution >= 4 is 11.4 Å². The van der Waals surface area contributed by atoms with Crippen molar-refractivity contribution in [1.82, 2.24) is 0 Å². The molecule has 0 bridgehead atoms. The standard InChI is InChI=1S/C14H19N3O3/c1-4-9-20-14-10-12(5-6-13(14)17(18)19)16(3)11(2)7-8-15/h5-6,10-11H,4,7,9H2,1-3H3. The van der Waals surface area contributed by atoms with Gasteiger partial charge in [-0.05, 0) is 19.4 Å². The number of benzene rings is 1. The van der Waals surface area contributed by atoms with Gasteiger partial charge in [0.05, 0.1) is 24.0 Å². The monoisotopic (exact) mass is 277 g/mol. The van der Waals surface area contributed by atoms with E-state index in [-0.39, 0.29) is 17.5 Å². The highest BCUT2D eigenvalue weighted by atomic mass is 16.6. The average Bonchev–Trinajstić information content (AvgIpc) is 2.44. The molecular formula is C14H19N3O3. The molecule has 0 amide bonds. The minimum atomic E-state index is -0.451. The lowest BCUT2D eigenvalue weighted by Crippen LogP contribution is -2.28. The van der Waals surface area contributed by atoms with Crippen molar-refractivity contribution in [3.63, 3.8) is 0 Å². The molecule has 108 valence electrons. The summed E-state index contributed by atoms with van der Waals surface area (Å²) in [4.78, 5) is 12.4. The van der Waals surface area contributed by atoms with E-state index in [4.69, 9.17) is 10.00 Å². The van der Waals surface area contributed by atoms with Crippen LogP contribution in [-0.2, 0) is 0 Å². The van der Waals surface area contributed by atoms with Crippen LogP contribution in [0.25, 0.3) is 0 Å². The predicted octanol–water partition coefficient (Wildman–Crippen LogP) is 3.12. The number of hydrogen-bond donors (Lipinski definition) is 0. The van der Waals surface area contributed by atoms with E-state index in [2.05, 4.69) is 6.07 Å². The summed E-state index contributed by atoms with van der Waals surface area (Å²) in [6.45, 7) is 4.30. The van der Waals surface area contributed by atoms with Crippen LogP contribution in [0.5, 0.6) is 5.75 Å². The quantitative estimate of drug-likeness (QED) is 0.565. The molecule has 1 atom stereocenters. The molecule has 6 heteroatoms. The van der Waals surface area contributed by atoms with Gasteiger partial charge in [0.25, 0.3) is 0 Å². The van der Waals surface area contributed by atoms with Gasteiger partial charge in [-0.2, -0.15) is 5.26 Å². The Morgan fingerprint density at radius 1 is 1.55 bits per heavy atom. The Hall–Kier alpha value is -2.29. The zero-order valence-electron chi connectivity index (χ0n) is 12.0. The fourth-order valence-electron chi connectivity index (χ4n) is 1.72. The van der Waals surface area contributed by atoms with Crippen LogP contribution in [0.3, 0.4) is 0 Å². The third-order valence-corrected chi connectivity index (χ3v) is 3.06. The van der Waals surface area contributed by atoms with Crippen LogP contribution in [0.15, 0.2) is 18.2 Å². The average molecular weight is 277 g/mol. The molecule has 1 aromatic rings. The smallest absolute Gasteiger partial charge is 0.311 e. The molecule has 0 heterocycles. The summed E-state index contributed by atoms with van der Waals surface area (Å²) in [7, 11) is 1.85. The maximum atomic E-state index is 11.0. The summed E-state index contributed by atoms with van der Waals surface area (Å²) < 4.78 is 5.44. The number of nitro benzene ring substituents is 1. The van der Waals surface area contributed by atoms with Crippen molar-refractivity contribution < 1.29 is 9.66 Å². The topological polar surface area (TPSA) is 79.4 Å². The molecule has 0 N–H and O–H groups in total. The van der Waals surface area contributed by atoms with Gasteiger partial charge < -0.3 is 9.64 Å². The first kappa shape index (κ1) is 15.8. The fraction of sp³-hybridized carbons (Fsp3) is 0.500. The van der Waals surface area contributed by atoms with Crippen LogP contribution < -0.4 is 9.64 Å². The maximum absolute atomic E-state index is 11.0. The number of ether oxygens (including phenoxy) is 1. The molecule has 0 aromatic heterocycles. The number of rotatable bonds is 7. The number of hydrogen-bond acceptors (Lipinski definition) is 5. The zero-order valence-corrected chi connectivity index (χ0v) is 12.0. The lowest BCUT2D eigenvalue weighted by molar-refractivity contribution is -0.385. The van der Waals surface area contributed by atoms with E-state index in [1.54, 1.807) is 12.1 Å². The van der Waals surface area contributed by atoms with E-state index in [0.717, 1.165) is 12.1 Å². The van der Waals surface area contributed by atoms with Gasteiger partial charge in [-0.3, -0.25) is 10.1 Å². The Kier molecular flexibility index (Phi) is 5.78. The summed E-state index contributed by atoms with van der Waals surface area (Å²) >= 11 is 0. The third-order valence-electron chi connectivity index (χ3n) is 3.06. The Bertz CT molecular complexity index is 511. The van der Waals surface area contributed by atoms with E-state index < -0.39 is 4.92 Å². The van der Waals surface area contributed by atoms with Crippen molar-refractivity contribution in [2.24, 2.45) is 0 Å². The van der Waals surface area contributed by atoms with E-state index in [1.807, 2.05) is 25.8 Å². The van der Waals surface area contributed by atoms with Crippen LogP contribution in [-0.4, -0.2) is 24.6 Å². The minimum absolute atomic E-state index is 0.0282. The van der Waals surface area contributed by atoms with E-state index in [1.165, 1.54) is 6.07 Å². The van der Waals surface area contributed by atoms with Gasteiger partial charge in [0, 0.05) is 30.9 Å². The van der Waals surface area contributed by atoms with Crippen molar-refractivity contribution in [3.05, 3.63) is 28.3 Å². The summed E-state index contributed by atoms with van der Waals surface area (Å²) in [5.41, 5.74) is 0.757. The van der Waals surface area contributed by atoms with Crippen molar-refractivity contribution in [2.75, 3.05) is 18.6 Å². The number of nitro groups is 1. The summed E-state index contributed by atoms with van der Waals surface area (Å²) in [5.74, 6) is 0.269. The summed E-state index contributed by atoms with van der Waals surface area (Å²) in [6, 6.07) is 6.91. The minimum Gasteiger partial charge on any atom is -0.487 e. The SMILES string of the molecule is CCCOc1cc(N(C)C(C)CC#N)ccc1[N+](=O)[O-]. The molecule has 0 aliphatic heterocycles. The summed E-state index contributed by atoms with van der Waals surface area (Å²) in [5, 5.41) is 19.7. The predicted molar refractivity (Wildman–Crippen MR) is 77.0 cm³/mol. The highest BCUT2D eigenvalue weighted by Gasteiger charge is 2.18. The lowest BCUT2D eigenvalue weighted by atomic mass is 10.2. The molecule has 0 saturated heterocycles. The molecule has 6 nitrogen and oxygen atoms in total. The van der Waals surface area contributed by atoms with E-state index in [0.29, 0.717) is 13.0 Å². The molecular weight excluding hydrogens is 258 g/mol. The molecule has 1 unspecified atom stereocenters. The van der Waals surface area contributed by atoms with Gasteiger partial charge in [0.1, 0.15) is 0 Å². The van der Waals surface area contributed by atoms with Crippen LogP contribution in [0.4, 0.5) is 11.4 Å². The van der Waals surface area contributed by atoms with Crippen molar-refractivity contribution in [1.29, 1.82) is 5.26 Å². The maximum Gasteiger partial charge on any atom is 0.311 e. The van der Waals surface area contributed by atoms with Crippen LogP contribution >= 0.6 is 0 Å². The first-order valence-corrected chi connectivity index (χ1v) is 6.52. The van der Waals surface area contributed by atoms with Crippen LogP contribution in [0, 0.1) is 21.4 Å². The van der Waals surface area contributed by atoms with Crippen molar-refractivity contribution in [2.45, 2.75) is 32.7 Å². The molecule has 0 spiro atoms. The first-order valence-electron chi connectivity index (χ1n) is 6.52. The Labute approximate surface area is 118 Å².